The van der Waals surface area contributed by atoms with Crippen LogP contribution in [0.1, 0.15) is 27.0 Å². The minimum absolute atomic E-state index is 0.263. The van der Waals surface area contributed by atoms with Crippen LogP contribution in [-0.2, 0) is 6.54 Å². The van der Waals surface area contributed by atoms with E-state index in [1.165, 1.54) is 17.4 Å². The van der Waals surface area contributed by atoms with Crippen molar-refractivity contribution in [3.63, 3.8) is 0 Å². The van der Waals surface area contributed by atoms with E-state index in [1.807, 2.05) is 18.7 Å². The second kappa shape index (κ2) is 6.05. The Morgan fingerprint density at radius 1 is 1.40 bits per heavy atom. The number of hydrogen-bond donors (Lipinski definition) is 1. The number of benzene rings is 1. The molecule has 2 rings (SSSR count). The zero-order valence-electron chi connectivity index (χ0n) is 11.4. The van der Waals surface area contributed by atoms with Gasteiger partial charge in [0.25, 0.3) is 0 Å². The van der Waals surface area contributed by atoms with Crippen molar-refractivity contribution in [1.29, 1.82) is 0 Å². The Labute approximate surface area is 121 Å². The third kappa shape index (κ3) is 2.99. The van der Waals surface area contributed by atoms with Crippen molar-refractivity contribution in [2.24, 2.45) is 0 Å². The number of aryl methyl sites for hydroxylation is 1. The smallest absolute Gasteiger partial charge is 0.345 e. The molecule has 0 radical (unpaired) electrons. The first kappa shape index (κ1) is 14.5. The first-order valence-electron chi connectivity index (χ1n) is 6.35. The van der Waals surface area contributed by atoms with Crippen molar-refractivity contribution >= 4 is 23.0 Å². The molecule has 1 N–H and O–H groups in total. The fourth-order valence-corrected chi connectivity index (χ4v) is 2.94. The molecule has 0 aliphatic rings. The van der Waals surface area contributed by atoms with Gasteiger partial charge < -0.3 is 10.0 Å². The van der Waals surface area contributed by atoms with E-state index in [4.69, 9.17) is 5.11 Å². The van der Waals surface area contributed by atoms with Gasteiger partial charge in [-0.2, -0.15) is 0 Å². The van der Waals surface area contributed by atoms with Crippen molar-refractivity contribution in [2.75, 3.05) is 11.4 Å². The Morgan fingerprint density at radius 2 is 2.10 bits per heavy atom. The first-order chi connectivity index (χ1) is 9.52. The van der Waals surface area contributed by atoms with E-state index in [0.717, 1.165) is 10.4 Å². The van der Waals surface area contributed by atoms with Crippen LogP contribution in [0.2, 0.25) is 0 Å². The van der Waals surface area contributed by atoms with Crippen LogP contribution in [0.4, 0.5) is 10.1 Å². The summed E-state index contributed by atoms with van der Waals surface area (Å²) in [6.45, 7) is 5.00. The number of thiophene rings is 1. The Balaban J connectivity index is 2.27. The highest BCUT2D eigenvalue weighted by molar-refractivity contribution is 7.14. The van der Waals surface area contributed by atoms with Crippen molar-refractivity contribution in [3.8, 4) is 0 Å². The van der Waals surface area contributed by atoms with Gasteiger partial charge in [0, 0.05) is 18.0 Å². The van der Waals surface area contributed by atoms with Gasteiger partial charge in [0.1, 0.15) is 10.7 Å². The van der Waals surface area contributed by atoms with Gasteiger partial charge >= 0.3 is 5.97 Å². The second-order valence-electron chi connectivity index (χ2n) is 4.46. The summed E-state index contributed by atoms with van der Waals surface area (Å²) in [7, 11) is 0. The van der Waals surface area contributed by atoms with E-state index >= 15 is 0 Å². The van der Waals surface area contributed by atoms with Gasteiger partial charge in [-0.15, -0.1) is 11.3 Å². The average molecular weight is 293 g/mol. The van der Waals surface area contributed by atoms with Crippen LogP contribution < -0.4 is 4.90 Å². The van der Waals surface area contributed by atoms with E-state index in [9.17, 15) is 9.18 Å². The fourth-order valence-electron chi connectivity index (χ4n) is 2.06. The molecule has 0 saturated carbocycles. The van der Waals surface area contributed by atoms with Crippen LogP contribution in [0, 0.1) is 12.7 Å². The van der Waals surface area contributed by atoms with Gasteiger partial charge in [0.2, 0.25) is 0 Å². The zero-order valence-corrected chi connectivity index (χ0v) is 12.2. The number of hydrogen-bond acceptors (Lipinski definition) is 3. The SMILES string of the molecule is CCN(Cc1cc(C(=O)O)sc1C)c1ccccc1F. The first-order valence-corrected chi connectivity index (χ1v) is 7.16. The van der Waals surface area contributed by atoms with Gasteiger partial charge in [-0.3, -0.25) is 0 Å². The fraction of sp³-hybridized carbons (Fsp3) is 0.267. The summed E-state index contributed by atoms with van der Waals surface area (Å²) in [5.41, 5.74) is 1.47. The second-order valence-corrected chi connectivity index (χ2v) is 5.72. The number of carbonyl (C=O) groups is 1. The van der Waals surface area contributed by atoms with E-state index < -0.39 is 5.97 Å². The van der Waals surface area contributed by atoms with Crippen LogP contribution >= 0.6 is 11.3 Å². The maximum absolute atomic E-state index is 13.8. The van der Waals surface area contributed by atoms with Gasteiger partial charge in [0.05, 0.1) is 5.69 Å². The number of rotatable bonds is 5. The highest BCUT2D eigenvalue weighted by Crippen LogP contribution is 2.26. The third-order valence-electron chi connectivity index (χ3n) is 3.17. The lowest BCUT2D eigenvalue weighted by Crippen LogP contribution is -2.23. The van der Waals surface area contributed by atoms with Gasteiger partial charge in [-0.05, 0) is 37.6 Å². The lowest BCUT2D eigenvalue weighted by atomic mass is 10.2. The van der Waals surface area contributed by atoms with Gasteiger partial charge in [0.15, 0.2) is 0 Å². The summed E-state index contributed by atoms with van der Waals surface area (Å²) in [5, 5.41) is 9.01. The predicted octanol–water partition coefficient (Wildman–Crippen LogP) is 3.92. The summed E-state index contributed by atoms with van der Waals surface area (Å²) in [5.74, 6) is -1.18. The molecule has 0 amide bonds. The number of carboxylic acids is 1. The molecule has 1 aromatic carbocycles. The molecule has 0 fully saturated rings. The molecule has 0 bridgehead atoms. The molecule has 0 saturated heterocycles. The minimum Gasteiger partial charge on any atom is -0.477 e. The Hall–Kier alpha value is -1.88. The molecular formula is C15H16FNO2S. The number of aromatic carboxylic acids is 1. The van der Waals surface area contributed by atoms with Crippen LogP contribution in [-0.4, -0.2) is 17.6 Å². The molecule has 0 aliphatic carbocycles. The number of halogens is 1. The number of anilines is 1. The molecule has 0 unspecified atom stereocenters. The monoisotopic (exact) mass is 293 g/mol. The topological polar surface area (TPSA) is 40.5 Å². The normalized spacial score (nSPS) is 10.6. The van der Waals surface area contributed by atoms with Crippen LogP contribution in [0.3, 0.4) is 0 Å². The molecular weight excluding hydrogens is 277 g/mol. The lowest BCUT2D eigenvalue weighted by molar-refractivity contribution is 0.0702. The summed E-state index contributed by atoms with van der Waals surface area (Å²) in [6.07, 6.45) is 0. The zero-order chi connectivity index (χ0) is 14.7. The van der Waals surface area contributed by atoms with Crippen molar-refractivity contribution < 1.29 is 14.3 Å². The summed E-state index contributed by atoms with van der Waals surface area (Å²) >= 11 is 1.25. The molecule has 1 aromatic heterocycles. The van der Waals surface area contributed by atoms with Crippen molar-refractivity contribution in [1.82, 2.24) is 0 Å². The van der Waals surface area contributed by atoms with Crippen molar-refractivity contribution in [2.45, 2.75) is 20.4 Å². The van der Waals surface area contributed by atoms with Crippen LogP contribution in [0.25, 0.3) is 0 Å². The quantitative estimate of drug-likeness (QED) is 0.908. The average Bonchev–Trinajstić information content (AvgIpc) is 2.78. The summed E-state index contributed by atoms with van der Waals surface area (Å²) in [4.78, 5) is 14.2. The standard InChI is InChI=1S/C15H16FNO2S/c1-3-17(13-7-5-4-6-12(13)16)9-11-8-14(15(18)19)20-10(11)2/h4-8H,3,9H2,1-2H3,(H,18,19). The van der Waals surface area contributed by atoms with E-state index in [0.29, 0.717) is 23.7 Å². The third-order valence-corrected chi connectivity index (χ3v) is 4.25. The Kier molecular flexibility index (Phi) is 4.39. The molecule has 2 aromatic rings. The van der Waals surface area contributed by atoms with E-state index in [2.05, 4.69) is 0 Å². The summed E-state index contributed by atoms with van der Waals surface area (Å²) in [6, 6.07) is 8.29. The minimum atomic E-state index is -0.918. The summed E-state index contributed by atoms with van der Waals surface area (Å²) < 4.78 is 13.8. The largest absolute Gasteiger partial charge is 0.477 e. The molecule has 0 spiro atoms. The Bertz CT molecular complexity index is 624. The van der Waals surface area contributed by atoms with Crippen LogP contribution in [0.5, 0.6) is 0 Å². The molecule has 106 valence electrons. The molecule has 1 heterocycles. The molecule has 3 nitrogen and oxygen atoms in total. The molecule has 0 aliphatic heterocycles. The maximum Gasteiger partial charge on any atom is 0.345 e. The molecule has 5 heteroatoms. The van der Waals surface area contributed by atoms with E-state index in [-0.39, 0.29) is 5.82 Å². The number of nitrogens with zero attached hydrogens (tertiary/aromatic N) is 1. The maximum atomic E-state index is 13.8. The van der Waals surface area contributed by atoms with Gasteiger partial charge in [-0.25, -0.2) is 9.18 Å². The van der Waals surface area contributed by atoms with Gasteiger partial charge in [-0.1, -0.05) is 12.1 Å². The molecule has 0 atom stereocenters. The van der Waals surface area contributed by atoms with E-state index in [1.54, 1.807) is 24.3 Å². The highest BCUT2D eigenvalue weighted by atomic mass is 32.1. The number of carboxylic acid groups (broad SMARTS) is 1. The number of para-hydroxylation sites is 1. The lowest BCUT2D eigenvalue weighted by Gasteiger charge is -2.23. The van der Waals surface area contributed by atoms with Crippen LogP contribution in [0.15, 0.2) is 30.3 Å². The molecule has 20 heavy (non-hydrogen) atoms. The Morgan fingerprint density at radius 3 is 2.65 bits per heavy atom. The highest BCUT2D eigenvalue weighted by Gasteiger charge is 2.15. The van der Waals surface area contributed by atoms with Crippen molar-refractivity contribution in [3.05, 3.63) is 51.5 Å². The predicted molar refractivity (Wildman–Crippen MR) is 79.1 cm³/mol.